The van der Waals surface area contributed by atoms with Gasteiger partial charge in [-0.1, -0.05) is 72.8 Å². The SMILES string of the molecule is CC(C)(Cc1cccc(-c2ccccc2)c1)NC[C@H](O)COc1cc(-c2ccc(C(=O)O)cc2)ccc1C#N. The number of benzene rings is 4. The third-order valence-corrected chi connectivity index (χ3v) is 6.49. The highest BCUT2D eigenvalue weighted by molar-refractivity contribution is 5.88. The molecule has 1 atom stereocenters. The number of hydrogen-bond acceptors (Lipinski definition) is 5. The van der Waals surface area contributed by atoms with Crippen LogP contribution in [0.3, 0.4) is 0 Å². The lowest BCUT2D eigenvalue weighted by Gasteiger charge is -2.28. The van der Waals surface area contributed by atoms with Crippen molar-refractivity contribution in [3.8, 4) is 34.1 Å². The zero-order valence-corrected chi connectivity index (χ0v) is 22.1. The molecule has 0 aliphatic heterocycles. The molecule has 39 heavy (non-hydrogen) atoms. The van der Waals surface area contributed by atoms with Gasteiger partial charge in [0.25, 0.3) is 0 Å². The van der Waals surface area contributed by atoms with E-state index >= 15 is 0 Å². The topological polar surface area (TPSA) is 103 Å². The molecule has 0 saturated carbocycles. The lowest BCUT2D eigenvalue weighted by atomic mass is 9.92. The Bertz CT molecular complexity index is 1460. The number of nitrogens with zero attached hydrogens (tertiary/aromatic N) is 1. The molecule has 0 amide bonds. The number of nitriles is 1. The van der Waals surface area contributed by atoms with E-state index in [1.54, 1.807) is 30.3 Å². The lowest BCUT2D eigenvalue weighted by Crippen LogP contribution is -2.46. The van der Waals surface area contributed by atoms with Gasteiger partial charge in [-0.3, -0.25) is 0 Å². The van der Waals surface area contributed by atoms with Crippen LogP contribution in [-0.4, -0.2) is 41.0 Å². The third-order valence-electron chi connectivity index (χ3n) is 6.49. The van der Waals surface area contributed by atoms with Crippen molar-refractivity contribution in [3.63, 3.8) is 0 Å². The zero-order chi connectivity index (χ0) is 27.8. The van der Waals surface area contributed by atoms with E-state index in [1.807, 2.05) is 18.2 Å². The van der Waals surface area contributed by atoms with Crippen molar-refractivity contribution in [1.29, 1.82) is 5.26 Å². The van der Waals surface area contributed by atoms with Gasteiger partial charge in [0, 0.05) is 12.1 Å². The summed E-state index contributed by atoms with van der Waals surface area (Å²) in [6.07, 6.45) is -0.00676. The zero-order valence-electron chi connectivity index (χ0n) is 22.1. The fraction of sp³-hybridized carbons (Fsp3) is 0.212. The molecule has 6 nitrogen and oxygen atoms in total. The van der Waals surface area contributed by atoms with Crippen LogP contribution in [0.15, 0.2) is 97.1 Å². The molecular formula is C33H32N2O4. The molecule has 0 aliphatic rings. The van der Waals surface area contributed by atoms with Crippen molar-refractivity contribution in [2.75, 3.05) is 13.2 Å². The molecule has 0 radical (unpaired) electrons. The maximum Gasteiger partial charge on any atom is 0.335 e. The molecule has 0 unspecified atom stereocenters. The summed E-state index contributed by atoms with van der Waals surface area (Å²) in [5, 5.41) is 32.7. The number of aliphatic hydroxyl groups is 1. The monoisotopic (exact) mass is 520 g/mol. The van der Waals surface area contributed by atoms with E-state index in [0.717, 1.165) is 17.5 Å². The smallest absolute Gasteiger partial charge is 0.335 e. The second kappa shape index (κ2) is 12.4. The standard InChI is InChI=1S/C33H32N2O4/c1-33(2,19-23-7-6-10-27(17-23)24-8-4-3-5-9-24)35-21-30(36)22-39-31-18-28(15-16-29(31)20-34)25-11-13-26(14-12-25)32(37)38/h3-18,30,35-36H,19,21-22H2,1-2H3,(H,37,38)/t30-/m0/s1. The largest absolute Gasteiger partial charge is 0.489 e. The van der Waals surface area contributed by atoms with Crippen LogP contribution in [0.1, 0.15) is 35.3 Å². The summed E-state index contributed by atoms with van der Waals surface area (Å²) in [4.78, 5) is 11.1. The van der Waals surface area contributed by atoms with Gasteiger partial charge < -0.3 is 20.3 Å². The van der Waals surface area contributed by atoms with Gasteiger partial charge >= 0.3 is 5.97 Å². The second-order valence-corrected chi connectivity index (χ2v) is 10.2. The lowest BCUT2D eigenvalue weighted by molar-refractivity contribution is 0.0697. The van der Waals surface area contributed by atoms with E-state index in [4.69, 9.17) is 9.84 Å². The Morgan fingerprint density at radius 2 is 1.54 bits per heavy atom. The van der Waals surface area contributed by atoms with E-state index in [9.17, 15) is 15.2 Å². The first-order chi connectivity index (χ1) is 18.7. The molecule has 4 aromatic rings. The molecule has 0 aromatic heterocycles. The predicted octanol–water partition coefficient (Wildman–Crippen LogP) is 5.94. The van der Waals surface area contributed by atoms with Gasteiger partial charge in [-0.05, 0) is 72.4 Å². The highest BCUT2D eigenvalue weighted by atomic mass is 16.5. The van der Waals surface area contributed by atoms with Gasteiger partial charge in [-0.15, -0.1) is 0 Å². The first-order valence-corrected chi connectivity index (χ1v) is 12.8. The number of carboxylic acids is 1. The van der Waals surface area contributed by atoms with E-state index in [1.165, 1.54) is 28.8 Å². The minimum absolute atomic E-state index is 0.0165. The number of ether oxygens (including phenoxy) is 1. The summed E-state index contributed by atoms with van der Waals surface area (Å²) in [6.45, 7) is 4.54. The molecule has 198 valence electrons. The summed E-state index contributed by atoms with van der Waals surface area (Å²) < 4.78 is 5.86. The Morgan fingerprint density at radius 3 is 2.23 bits per heavy atom. The molecule has 0 fully saturated rings. The van der Waals surface area contributed by atoms with Gasteiger partial charge in [-0.25, -0.2) is 4.79 Å². The van der Waals surface area contributed by atoms with Crippen LogP contribution < -0.4 is 10.1 Å². The maximum atomic E-state index is 11.1. The molecule has 0 heterocycles. The van der Waals surface area contributed by atoms with Crippen LogP contribution in [0.25, 0.3) is 22.3 Å². The number of aromatic carboxylic acids is 1. The number of β-amino-alcohol motifs (C(OH)–C–C–N with tert-alkyl or cyclic N) is 1. The molecule has 6 heteroatoms. The van der Waals surface area contributed by atoms with Crippen molar-refractivity contribution in [2.45, 2.75) is 31.9 Å². The molecule has 0 bridgehead atoms. The summed E-state index contributed by atoms with van der Waals surface area (Å²) in [7, 11) is 0. The molecule has 4 aromatic carbocycles. The number of hydrogen-bond donors (Lipinski definition) is 3. The van der Waals surface area contributed by atoms with Gasteiger partial charge in [0.15, 0.2) is 0 Å². The highest BCUT2D eigenvalue weighted by Gasteiger charge is 2.20. The van der Waals surface area contributed by atoms with Crippen LogP contribution in [0.5, 0.6) is 5.75 Å². The fourth-order valence-electron chi connectivity index (χ4n) is 4.42. The molecule has 4 rings (SSSR count). The number of rotatable bonds is 11. The maximum absolute atomic E-state index is 11.1. The minimum Gasteiger partial charge on any atom is -0.489 e. The fourth-order valence-corrected chi connectivity index (χ4v) is 4.42. The summed E-state index contributed by atoms with van der Waals surface area (Å²) in [6, 6.07) is 32.6. The Hall–Kier alpha value is -4.44. The number of carbonyl (C=O) groups is 1. The third kappa shape index (κ3) is 7.55. The van der Waals surface area contributed by atoms with E-state index < -0.39 is 12.1 Å². The average Bonchev–Trinajstić information content (AvgIpc) is 2.95. The number of aliphatic hydroxyl groups excluding tert-OH is 1. The first-order valence-electron chi connectivity index (χ1n) is 12.8. The normalized spacial score (nSPS) is 11.9. The Morgan fingerprint density at radius 1 is 0.897 bits per heavy atom. The van der Waals surface area contributed by atoms with Crippen LogP contribution in [0.4, 0.5) is 0 Å². The number of nitrogens with one attached hydrogen (secondary N) is 1. The average molecular weight is 521 g/mol. The highest BCUT2D eigenvalue weighted by Crippen LogP contribution is 2.28. The van der Waals surface area contributed by atoms with Crippen molar-refractivity contribution < 1.29 is 19.7 Å². The quantitative estimate of drug-likeness (QED) is 0.226. The Balaban J connectivity index is 1.35. The predicted molar refractivity (Wildman–Crippen MR) is 153 cm³/mol. The van der Waals surface area contributed by atoms with E-state index in [0.29, 0.717) is 17.9 Å². The van der Waals surface area contributed by atoms with E-state index in [-0.39, 0.29) is 17.7 Å². The summed E-state index contributed by atoms with van der Waals surface area (Å²) in [5.74, 6) is -0.620. The molecule has 3 N–H and O–H groups in total. The summed E-state index contributed by atoms with van der Waals surface area (Å²) in [5.41, 5.74) is 5.43. The van der Waals surface area contributed by atoms with Gasteiger partial charge in [0.05, 0.1) is 11.1 Å². The van der Waals surface area contributed by atoms with Gasteiger partial charge in [0.1, 0.15) is 24.5 Å². The molecule has 0 aliphatic carbocycles. The molecular weight excluding hydrogens is 488 g/mol. The van der Waals surface area contributed by atoms with E-state index in [2.05, 4.69) is 61.6 Å². The van der Waals surface area contributed by atoms with Crippen molar-refractivity contribution >= 4 is 5.97 Å². The van der Waals surface area contributed by atoms with Crippen LogP contribution in [0, 0.1) is 11.3 Å². The van der Waals surface area contributed by atoms with Crippen LogP contribution in [-0.2, 0) is 6.42 Å². The Labute approximate surface area is 229 Å². The first kappa shape index (κ1) is 27.6. The van der Waals surface area contributed by atoms with Crippen molar-refractivity contribution in [1.82, 2.24) is 5.32 Å². The van der Waals surface area contributed by atoms with Crippen molar-refractivity contribution in [3.05, 3.63) is 114 Å². The van der Waals surface area contributed by atoms with Gasteiger partial charge in [0.2, 0.25) is 0 Å². The second-order valence-electron chi connectivity index (χ2n) is 10.2. The van der Waals surface area contributed by atoms with Crippen molar-refractivity contribution in [2.24, 2.45) is 0 Å². The Kier molecular flexibility index (Phi) is 8.77. The molecule has 0 spiro atoms. The van der Waals surface area contributed by atoms with Gasteiger partial charge in [-0.2, -0.15) is 5.26 Å². The van der Waals surface area contributed by atoms with Crippen LogP contribution >= 0.6 is 0 Å². The summed E-state index contributed by atoms with van der Waals surface area (Å²) >= 11 is 0. The minimum atomic E-state index is -0.989. The van der Waals surface area contributed by atoms with Crippen LogP contribution in [0.2, 0.25) is 0 Å². The number of carboxylic acid groups (broad SMARTS) is 1. The molecule has 0 saturated heterocycles.